The average Bonchev–Trinajstić information content (AvgIpc) is 3.60. The van der Waals surface area contributed by atoms with Crippen molar-refractivity contribution in [2.45, 2.75) is 117 Å². The lowest BCUT2D eigenvalue weighted by Gasteiger charge is -2.32. The molecule has 0 unspecified atom stereocenters. The molecule has 0 bridgehead atoms. The van der Waals surface area contributed by atoms with Crippen molar-refractivity contribution in [3.8, 4) is 0 Å². The van der Waals surface area contributed by atoms with E-state index < -0.39 is 14.0 Å². The van der Waals surface area contributed by atoms with Crippen molar-refractivity contribution in [1.82, 2.24) is 9.97 Å². The van der Waals surface area contributed by atoms with Crippen molar-refractivity contribution in [3.05, 3.63) is 102 Å². The molecule has 0 aliphatic carbocycles. The van der Waals surface area contributed by atoms with E-state index in [1.54, 1.807) is 0 Å². The Labute approximate surface area is 340 Å². The van der Waals surface area contributed by atoms with Crippen LogP contribution in [-0.2, 0) is 27.9 Å². The molecule has 0 atom stereocenters. The maximum Gasteiger partial charge on any atom is 0.494 e. The second kappa shape index (κ2) is 14.5. The lowest BCUT2D eigenvalue weighted by molar-refractivity contribution is 0.00578. The smallest absolute Gasteiger partial charge is 0.405 e. The van der Waals surface area contributed by atoms with Crippen molar-refractivity contribution < 1.29 is 27.9 Å². The minimum atomic E-state index is -0.476. The van der Waals surface area contributed by atoms with Crippen LogP contribution < -0.4 is 5.46 Å². The molecule has 5 heterocycles. The van der Waals surface area contributed by atoms with Crippen LogP contribution in [0.15, 0.2) is 102 Å². The van der Waals surface area contributed by atoms with Crippen molar-refractivity contribution in [3.63, 3.8) is 0 Å². The maximum absolute atomic E-state index is 6.14. The van der Waals surface area contributed by atoms with Gasteiger partial charge < -0.3 is 27.9 Å². The summed E-state index contributed by atoms with van der Waals surface area (Å²) < 4.78 is 37.2. The second-order valence-electron chi connectivity index (χ2n) is 18.0. The standard InChI is InChI=1S/C19H20BNO2.C13H8BrN.C12H24B2O4/c1-18(2)19(3,4)23-20(22-18)14-9-10-16-15-8-6-5-7-13(15)12-21-17(16)11-14;14-10-5-6-12-11-4-2-1-3-9(11)8-15-13(12)7-10;1-9(2)10(3,4)16-13(15-9)14-17-11(5,6)12(7,8)18-14/h5-12H,1-4H3;1-8H;1-8H3. The van der Waals surface area contributed by atoms with E-state index in [2.05, 4.69) is 120 Å². The molecule has 8 nitrogen and oxygen atoms in total. The molecule has 0 radical (unpaired) electrons. The molecule has 3 saturated heterocycles. The van der Waals surface area contributed by atoms with Gasteiger partial charge in [0.05, 0.1) is 44.6 Å². The third kappa shape index (κ3) is 7.66. The normalized spacial score (nSPS) is 21.3. The summed E-state index contributed by atoms with van der Waals surface area (Å²) in [5, 5.41) is 7.18. The van der Waals surface area contributed by atoms with Gasteiger partial charge in [-0.05, 0) is 118 Å². The van der Waals surface area contributed by atoms with E-state index in [1.807, 2.05) is 86.0 Å². The van der Waals surface area contributed by atoms with Gasteiger partial charge in [-0.15, -0.1) is 0 Å². The highest BCUT2D eigenvalue weighted by Crippen LogP contribution is 2.43. The number of pyridine rings is 2. The van der Waals surface area contributed by atoms with Gasteiger partial charge in [0.25, 0.3) is 0 Å². The van der Waals surface area contributed by atoms with Crippen LogP contribution in [0.4, 0.5) is 0 Å². The Morgan fingerprint density at radius 2 is 0.804 bits per heavy atom. The molecule has 12 heteroatoms. The Bertz CT molecular complexity index is 2340. The molecule has 9 rings (SSSR count). The van der Waals surface area contributed by atoms with Gasteiger partial charge in [-0.2, -0.15) is 0 Å². The van der Waals surface area contributed by atoms with Crippen molar-refractivity contribution >= 4 is 85.9 Å². The first-order valence-corrected chi connectivity index (χ1v) is 20.2. The third-order valence-corrected chi connectivity index (χ3v) is 13.0. The number of fused-ring (bicyclic) bond motifs is 6. The predicted octanol–water partition coefficient (Wildman–Crippen LogP) is 10.1. The quantitative estimate of drug-likeness (QED) is 0.126. The highest BCUT2D eigenvalue weighted by Gasteiger charge is 2.63. The Kier molecular flexibility index (Phi) is 10.6. The molecule has 6 aromatic rings. The summed E-state index contributed by atoms with van der Waals surface area (Å²) in [5.74, 6) is 0. The zero-order valence-corrected chi connectivity index (χ0v) is 36.3. The molecule has 3 aliphatic heterocycles. The molecule has 290 valence electrons. The molecule has 0 amide bonds. The van der Waals surface area contributed by atoms with Crippen LogP contribution in [0.1, 0.15) is 83.1 Å². The van der Waals surface area contributed by atoms with Gasteiger partial charge in [0, 0.05) is 38.4 Å². The van der Waals surface area contributed by atoms with Crippen LogP contribution >= 0.6 is 15.9 Å². The first-order chi connectivity index (χ1) is 26.1. The summed E-state index contributed by atoms with van der Waals surface area (Å²) in [5.41, 5.74) is 0.913. The molecular weight excluding hydrogens is 765 g/mol. The number of aromatic nitrogens is 2. The molecule has 2 aromatic heterocycles. The van der Waals surface area contributed by atoms with Crippen LogP contribution in [0.2, 0.25) is 0 Å². The van der Waals surface area contributed by atoms with E-state index in [1.165, 1.54) is 21.5 Å². The first kappa shape index (κ1) is 40.8. The van der Waals surface area contributed by atoms with Crippen molar-refractivity contribution in [2.24, 2.45) is 0 Å². The highest BCUT2D eigenvalue weighted by atomic mass is 79.9. The Hall–Kier alpha value is -3.35. The average molecular weight is 817 g/mol. The Morgan fingerprint density at radius 1 is 0.429 bits per heavy atom. The summed E-state index contributed by atoms with van der Waals surface area (Å²) in [4.78, 5) is 9.04. The fourth-order valence-corrected chi connectivity index (χ4v) is 7.18. The lowest BCUT2D eigenvalue weighted by atomic mass is 9.49. The fourth-order valence-electron chi connectivity index (χ4n) is 6.84. The Balaban J connectivity index is 0.000000132. The van der Waals surface area contributed by atoms with Gasteiger partial charge >= 0.3 is 21.1 Å². The van der Waals surface area contributed by atoms with E-state index >= 15 is 0 Å². The molecule has 3 fully saturated rings. The van der Waals surface area contributed by atoms with Crippen molar-refractivity contribution in [1.29, 1.82) is 0 Å². The molecule has 0 N–H and O–H groups in total. The summed E-state index contributed by atoms with van der Waals surface area (Å²) in [6, 6.07) is 29.1. The third-order valence-electron chi connectivity index (χ3n) is 12.5. The summed E-state index contributed by atoms with van der Waals surface area (Å²) in [6.07, 6.45) is 3.84. The summed E-state index contributed by atoms with van der Waals surface area (Å²) >= 11 is 3.46. The zero-order chi connectivity index (χ0) is 40.5. The minimum absolute atomic E-state index is 0.330. The van der Waals surface area contributed by atoms with Crippen LogP contribution in [0, 0.1) is 0 Å². The first-order valence-electron chi connectivity index (χ1n) is 19.4. The predicted molar refractivity (Wildman–Crippen MR) is 234 cm³/mol. The topological polar surface area (TPSA) is 81.2 Å². The summed E-state index contributed by atoms with van der Waals surface area (Å²) in [7, 11) is -1.30. The number of halogens is 1. The maximum atomic E-state index is 6.14. The van der Waals surface area contributed by atoms with Crippen LogP contribution in [-0.4, -0.2) is 64.7 Å². The number of benzene rings is 4. The molecule has 0 spiro atoms. The summed E-state index contributed by atoms with van der Waals surface area (Å²) in [6.45, 7) is 24.5. The van der Waals surface area contributed by atoms with Gasteiger partial charge in [0.15, 0.2) is 0 Å². The van der Waals surface area contributed by atoms with Gasteiger partial charge in [-0.25, -0.2) is 0 Å². The van der Waals surface area contributed by atoms with E-state index in [0.29, 0.717) is 0 Å². The highest BCUT2D eigenvalue weighted by molar-refractivity contribution is 9.10. The van der Waals surface area contributed by atoms with Crippen LogP contribution in [0.25, 0.3) is 43.4 Å². The fraction of sp³-hybridized carbons (Fsp3) is 0.409. The van der Waals surface area contributed by atoms with E-state index in [0.717, 1.165) is 31.7 Å². The van der Waals surface area contributed by atoms with E-state index in [-0.39, 0.29) is 40.7 Å². The lowest BCUT2D eigenvalue weighted by Crippen LogP contribution is -2.41. The zero-order valence-electron chi connectivity index (χ0n) is 34.7. The minimum Gasteiger partial charge on any atom is -0.405 e. The van der Waals surface area contributed by atoms with Crippen molar-refractivity contribution in [2.75, 3.05) is 0 Å². The molecular formula is C44H52B3BrN2O6. The SMILES string of the molecule is Brc1ccc2c(c1)ncc1ccccc12.CC1(C)OB(B2OC(C)(C)C(C)(C)O2)OC1(C)C.CC1(C)OB(c2ccc3c(c2)ncc2ccccc23)OC1(C)C. The van der Waals surface area contributed by atoms with Gasteiger partial charge in [0.2, 0.25) is 0 Å². The number of rotatable bonds is 2. The van der Waals surface area contributed by atoms with Gasteiger partial charge in [-0.3, -0.25) is 9.97 Å². The van der Waals surface area contributed by atoms with Gasteiger partial charge in [0.1, 0.15) is 0 Å². The molecule has 3 aliphatic rings. The number of hydrogen-bond acceptors (Lipinski definition) is 8. The molecule has 0 saturated carbocycles. The second-order valence-corrected chi connectivity index (χ2v) is 18.9. The molecule has 56 heavy (non-hydrogen) atoms. The van der Waals surface area contributed by atoms with Gasteiger partial charge in [-0.1, -0.05) is 82.7 Å². The van der Waals surface area contributed by atoms with E-state index in [4.69, 9.17) is 27.9 Å². The van der Waals surface area contributed by atoms with E-state index in [9.17, 15) is 0 Å². The number of nitrogens with zero attached hydrogens (tertiary/aromatic N) is 2. The van der Waals surface area contributed by atoms with Crippen LogP contribution in [0.5, 0.6) is 0 Å². The Morgan fingerprint density at radius 3 is 1.25 bits per heavy atom. The largest absolute Gasteiger partial charge is 0.494 e. The monoisotopic (exact) mass is 816 g/mol. The molecule has 4 aromatic carbocycles. The number of hydrogen-bond donors (Lipinski definition) is 0. The van der Waals surface area contributed by atoms with Crippen LogP contribution in [0.3, 0.4) is 0 Å².